The topological polar surface area (TPSA) is 68.5 Å². The van der Waals surface area contributed by atoms with Crippen LogP contribution in [0, 0.1) is 6.92 Å². The Morgan fingerprint density at radius 3 is 2.34 bits per heavy atom. The van der Waals surface area contributed by atoms with Crippen molar-refractivity contribution in [3.8, 4) is 0 Å². The van der Waals surface area contributed by atoms with Crippen molar-refractivity contribution in [3.63, 3.8) is 0 Å². The molecule has 3 rings (SSSR count). The third-order valence-corrected chi connectivity index (χ3v) is 5.36. The predicted molar refractivity (Wildman–Crippen MR) is 112 cm³/mol. The molecule has 1 aromatic heterocycles. The third-order valence-electron chi connectivity index (χ3n) is 5.36. The van der Waals surface area contributed by atoms with E-state index in [1.807, 2.05) is 52.0 Å². The van der Waals surface area contributed by atoms with Crippen LogP contribution in [0.5, 0.6) is 0 Å². The van der Waals surface area contributed by atoms with Crippen LogP contribution >= 0.6 is 0 Å². The Hall–Kier alpha value is -2.56. The summed E-state index contributed by atoms with van der Waals surface area (Å²) in [5.41, 5.74) is 1.13. The summed E-state index contributed by atoms with van der Waals surface area (Å²) in [6.07, 6.45) is 4.36. The van der Waals surface area contributed by atoms with Crippen LogP contribution in [-0.2, 0) is 14.9 Å². The van der Waals surface area contributed by atoms with Crippen LogP contribution < -0.4 is 5.32 Å². The number of hydrogen-bond acceptors (Lipinski definition) is 4. The molecule has 5 nitrogen and oxygen atoms in total. The summed E-state index contributed by atoms with van der Waals surface area (Å²) < 4.78 is 11.5. The smallest absolute Gasteiger partial charge is 0.375 e. The highest BCUT2D eigenvalue weighted by Crippen LogP contribution is 2.29. The van der Waals surface area contributed by atoms with E-state index in [9.17, 15) is 9.59 Å². The van der Waals surface area contributed by atoms with Crippen LogP contribution in [0.15, 0.2) is 40.8 Å². The van der Waals surface area contributed by atoms with Crippen molar-refractivity contribution in [2.75, 3.05) is 0 Å². The van der Waals surface area contributed by atoms with Crippen molar-refractivity contribution < 1.29 is 18.7 Å². The molecular weight excluding hydrogens is 366 g/mol. The summed E-state index contributed by atoms with van der Waals surface area (Å²) in [6, 6.07) is 11.1. The van der Waals surface area contributed by atoms with Gasteiger partial charge in [0.1, 0.15) is 5.76 Å². The van der Waals surface area contributed by atoms with Gasteiger partial charge in [0.25, 0.3) is 5.91 Å². The first-order valence-electron chi connectivity index (χ1n) is 10.4. The van der Waals surface area contributed by atoms with E-state index in [1.165, 1.54) is 6.42 Å². The molecule has 1 N–H and O–H groups in total. The van der Waals surface area contributed by atoms with E-state index in [1.54, 1.807) is 12.1 Å². The number of esters is 1. The van der Waals surface area contributed by atoms with Crippen LogP contribution in [0.25, 0.3) is 0 Å². The fraction of sp³-hybridized carbons (Fsp3) is 0.500. The number of benzene rings is 1. The minimum absolute atomic E-state index is 0.138. The summed E-state index contributed by atoms with van der Waals surface area (Å²) in [5, 5.41) is 3.07. The monoisotopic (exact) mass is 397 g/mol. The van der Waals surface area contributed by atoms with E-state index in [4.69, 9.17) is 9.15 Å². The number of furan rings is 1. The molecular formula is C24H31NO4. The van der Waals surface area contributed by atoms with E-state index in [2.05, 4.69) is 5.32 Å². The van der Waals surface area contributed by atoms with E-state index < -0.39 is 12.1 Å². The fourth-order valence-electron chi connectivity index (χ4n) is 3.64. The molecule has 1 heterocycles. The van der Waals surface area contributed by atoms with Crippen molar-refractivity contribution >= 4 is 11.9 Å². The zero-order chi connectivity index (χ0) is 21.0. The highest BCUT2D eigenvalue weighted by Gasteiger charge is 2.31. The Kier molecular flexibility index (Phi) is 6.46. The van der Waals surface area contributed by atoms with Gasteiger partial charge in [-0.1, -0.05) is 70.4 Å². The standard InChI is InChI=1S/C24H31NO4/c1-16-15-19(24(2,3)4)28-20(16)23(27)29-21(17-11-7-5-8-12-17)22(26)25-18-13-9-6-10-14-18/h5,7-8,11-12,15,18,21H,6,9-10,13-14H2,1-4H3,(H,25,26)/t21-/m0/s1. The molecule has 156 valence electrons. The lowest BCUT2D eigenvalue weighted by molar-refractivity contribution is -0.131. The number of ether oxygens (including phenoxy) is 1. The number of aryl methyl sites for hydroxylation is 1. The zero-order valence-corrected chi connectivity index (χ0v) is 17.8. The van der Waals surface area contributed by atoms with E-state index >= 15 is 0 Å². The SMILES string of the molecule is Cc1cc(C(C)(C)C)oc1C(=O)O[C@H](C(=O)NC1CCCCC1)c1ccccc1. The fourth-order valence-corrected chi connectivity index (χ4v) is 3.64. The lowest BCUT2D eigenvalue weighted by atomic mass is 9.93. The van der Waals surface area contributed by atoms with Gasteiger partial charge in [-0.3, -0.25) is 4.79 Å². The average molecular weight is 398 g/mol. The molecule has 1 aromatic carbocycles. The molecule has 1 fully saturated rings. The molecule has 0 saturated heterocycles. The van der Waals surface area contributed by atoms with Gasteiger partial charge in [-0.25, -0.2) is 4.79 Å². The number of carbonyl (C=O) groups is 2. The van der Waals surface area contributed by atoms with Crippen LogP contribution in [0.4, 0.5) is 0 Å². The Morgan fingerprint density at radius 2 is 1.76 bits per heavy atom. The first-order chi connectivity index (χ1) is 13.8. The number of amides is 1. The van der Waals surface area contributed by atoms with Gasteiger partial charge in [0.2, 0.25) is 11.9 Å². The quantitative estimate of drug-likeness (QED) is 0.701. The average Bonchev–Trinajstić information content (AvgIpc) is 3.09. The Bertz CT molecular complexity index is 842. The largest absolute Gasteiger partial charge is 0.453 e. The highest BCUT2D eigenvalue weighted by atomic mass is 16.6. The Balaban J connectivity index is 1.80. The molecule has 1 atom stereocenters. The van der Waals surface area contributed by atoms with Gasteiger partial charge < -0.3 is 14.5 Å². The van der Waals surface area contributed by atoms with Crippen LogP contribution in [0.3, 0.4) is 0 Å². The summed E-state index contributed by atoms with van der Waals surface area (Å²) in [4.78, 5) is 25.9. The van der Waals surface area contributed by atoms with Gasteiger partial charge >= 0.3 is 5.97 Å². The van der Waals surface area contributed by atoms with Gasteiger partial charge in [0, 0.05) is 22.6 Å². The maximum atomic E-state index is 13.0. The molecule has 1 aliphatic rings. The van der Waals surface area contributed by atoms with Crippen molar-refractivity contribution in [1.82, 2.24) is 5.32 Å². The second kappa shape index (κ2) is 8.85. The Labute approximate surface area is 172 Å². The first kappa shape index (κ1) is 21.2. The van der Waals surface area contributed by atoms with E-state index in [-0.39, 0.29) is 23.1 Å². The zero-order valence-electron chi connectivity index (χ0n) is 17.8. The second-order valence-electron chi connectivity index (χ2n) is 8.91. The Morgan fingerprint density at radius 1 is 1.10 bits per heavy atom. The van der Waals surface area contributed by atoms with Crippen LogP contribution in [0.1, 0.15) is 86.4 Å². The minimum Gasteiger partial charge on any atom is -0.453 e. The van der Waals surface area contributed by atoms with Crippen molar-refractivity contribution in [2.24, 2.45) is 0 Å². The molecule has 0 bridgehead atoms. The number of nitrogens with one attached hydrogen (secondary N) is 1. The molecule has 1 saturated carbocycles. The number of carbonyl (C=O) groups excluding carboxylic acids is 2. The predicted octanol–water partition coefficient (Wildman–Crippen LogP) is 5.23. The molecule has 0 aliphatic heterocycles. The molecule has 5 heteroatoms. The van der Waals surface area contributed by atoms with Gasteiger partial charge in [0.15, 0.2) is 0 Å². The van der Waals surface area contributed by atoms with Gasteiger partial charge in [0.05, 0.1) is 0 Å². The van der Waals surface area contributed by atoms with Crippen molar-refractivity contribution in [2.45, 2.75) is 77.4 Å². The number of rotatable bonds is 5. The third kappa shape index (κ3) is 5.28. The molecule has 0 radical (unpaired) electrons. The normalized spacial score (nSPS) is 16.3. The van der Waals surface area contributed by atoms with Crippen molar-refractivity contribution in [1.29, 1.82) is 0 Å². The lowest BCUT2D eigenvalue weighted by Gasteiger charge is -2.25. The summed E-state index contributed by atoms with van der Waals surface area (Å²) in [5.74, 6) is -0.0338. The molecule has 2 aromatic rings. The minimum atomic E-state index is -1.01. The first-order valence-corrected chi connectivity index (χ1v) is 10.4. The van der Waals surface area contributed by atoms with Crippen LogP contribution in [0.2, 0.25) is 0 Å². The summed E-state index contributed by atoms with van der Waals surface area (Å²) in [6.45, 7) is 7.87. The van der Waals surface area contributed by atoms with Gasteiger partial charge in [-0.15, -0.1) is 0 Å². The van der Waals surface area contributed by atoms with Crippen molar-refractivity contribution in [3.05, 3.63) is 59.0 Å². The van der Waals surface area contributed by atoms with Crippen LogP contribution in [-0.4, -0.2) is 17.9 Å². The molecule has 1 amide bonds. The van der Waals surface area contributed by atoms with E-state index in [0.29, 0.717) is 16.9 Å². The second-order valence-corrected chi connectivity index (χ2v) is 8.91. The van der Waals surface area contributed by atoms with E-state index in [0.717, 1.165) is 25.7 Å². The summed E-state index contributed by atoms with van der Waals surface area (Å²) in [7, 11) is 0. The summed E-state index contributed by atoms with van der Waals surface area (Å²) >= 11 is 0. The highest BCUT2D eigenvalue weighted by molar-refractivity contribution is 5.92. The molecule has 29 heavy (non-hydrogen) atoms. The van der Waals surface area contributed by atoms with Gasteiger partial charge in [-0.05, 0) is 25.8 Å². The molecule has 1 aliphatic carbocycles. The van der Waals surface area contributed by atoms with Gasteiger partial charge in [-0.2, -0.15) is 0 Å². The number of hydrogen-bond donors (Lipinski definition) is 1. The molecule has 0 spiro atoms. The maximum Gasteiger partial charge on any atom is 0.375 e. The lowest BCUT2D eigenvalue weighted by Crippen LogP contribution is -2.40. The maximum absolute atomic E-state index is 13.0. The molecule has 0 unspecified atom stereocenters.